The van der Waals surface area contributed by atoms with Crippen LogP contribution in [0.15, 0.2) is 12.7 Å². The van der Waals surface area contributed by atoms with Gasteiger partial charge in [-0.1, -0.05) is 6.08 Å². The molecule has 1 rings (SSSR count). The van der Waals surface area contributed by atoms with Crippen molar-refractivity contribution in [3.05, 3.63) is 12.7 Å². The van der Waals surface area contributed by atoms with Gasteiger partial charge in [0, 0.05) is 7.05 Å². The summed E-state index contributed by atoms with van der Waals surface area (Å²) in [6.45, 7) is 4.97. The van der Waals surface area contributed by atoms with Crippen LogP contribution in [0.25, 0.3) is 0 Å². The fourth-order valence-electron chi connectivity index (χ4n) is 1.35. The number of rotatable bonds is 2. The SMILES string of the molecule is C=CC[C@]1(C)C(=O)NC(=O)N(C)C1=O. The maximum absolute atomic E-state index is 11.7. The Balaban J connectivity index is 3.06. The molecule has 76 valence electrons. The largest absolute Gasteiger partial charge is 0.330 e. The zero-order valence-corrected chi connectivity index (χ0v) is 8.16. The Kier molecular flexibility index (Phi) is 2.42. The van der Waals surface area contributed by atoms with E-state index in [1.807, 2.05) is 0 Å². The second-order valence-electron chi connectivity index (χ2n) is 3.45. The third-order valence-corrected chi connectivity index (χ3v) is 2.36. The van der Waals surface area contributed by atoms with Crippen molar-refractivity contribution in [2.75, 3.05) is 7.05 Å². The molecule has 1 N–H and O–H groups in total. The molecule has 0 bridgehead atoms. The predicted octanol–water partition coefficient (Wildman–Crippen LogP) is 0.277. The van der Waals surface area contributed by atoms with E-state index in [2.05, 4.69) is 11.9 Å². The second kappa shape index (κ2) is 3.25. The number of hydrogen-bond acceptors (Lipinski definition) is 3. The van der Waals surface area contributed by atoms with Crippen molar-refractivity contribution in [3.8, 4) is 0 Å². The molecule has 0 aliphatic carbocycles. The maximum atomic E-state index is 11.7. The molecule has 5 heteroatoms. The Bertz CT molecular complexity index is 324. The Hall–Kier alpha value is -1.65. The van der Waals surface area contributed by atoms with Gasteiger partial charge in [-0.15, -0.1) is 6.58 Å². The summed E-state index contributed by atoms with van der Waals surface area (Å²) in [6, 6.07) is -0.679. The van der Waals surface area contributed by atoms with Crippen LogP contribution in [0.5, 0.6) is 0 Å². The Labute approximate surface area is 81.8 Å². The summed E-state index contributed by atoms with van der Waals surface area (Å²) in [5, 5.41) is 2.11. The van der Waals surface area contributed by atoms with Crippen molar-refractivity contribution in [2.45, 2.75) is 13.3 Å². The molecular weight excluding hydrogens is 184 g/mol. The van der Waals surface area contributed by atoms with Gasteiger partial charge in [-0.25, -0.2) is 4.79 Å². The number of imide groups is 2. The number of barbiturate groups is 1. The first-order valence-corrected chi connectivity index (χ1v) is 4.18. The summed E-state index contributed by atoms with van der Waals surface area (Å²) in [5.74, 6) is -1.06. The number of carbonyl (C=O) groups excluding carboxylic acids is 3. The highest BCUT2D eigenvalue weighted by Gasteiger charge is 2.48. The van der Waals surface area contributed by atoms with Crippen molar-refractivity contribution in [2.24, 2.45) is 5.41 Å². The molecule has 4 amide bonds. The molecule has 0 radical (unpaired) electrons. The van der Waals surface area contributed by atoms with Gasteiger partial charge in [0.25, 0.3) is 0 Å². The molecule has 5 nitrogen and oxygen atoms in total. The number of carbonyl (C=O) groups is 3. The molecule has 0 spiro atoms. The highest BCUT2D eigenvalue weighted by molar-refractivity contribution is 6.18. The average Bonchev–Trinajstić information content (AvgIpc) is 2.13. The molecule has 1 fully saturated rings. The normalized spacial score (nSPS) is 27.6. The van der Waals surface area contributed by atoms with Crippen LogP contribution >= 0.6 is 0 Å². The number of urea groups is 1. The Morgan fingerprint density at radius 3 is 2.57 bits per heavy atom. The molecular formula is C9H12N2O3. The fourth-order valence-corrected chi connectivity index (χ4v) is 1.35. The van der Waals surface area contributed by atoms with Crippen LogP contribution in [-0.4, -0.2) is 29.8 Å². The van der Waals surface area contributed by atoms with Crippen molar-refractivity contribution < 1.29 is 14.4 Å². The van der Waals surface area contributed by atoms with E-state index < -0.39 is 23.3 Å². The van der Waals surface area contributed by atoms with Gasteiger partial charge < -0.3 is 0 Å². The second-order valence-corrected chi connectivity index (χ2v) is 3.45. The molecule has 1 saturated heterocycles. The third-order valence-electron chi connectivity index (χ3n) is 2.36. The van der Waals surface area contributed by atoms with Crippen LogP contribution in [0, 0.1) is 5.41 Å². The van der Waals surface area contributed by atoms with Gasteiger partial charge in [0.2, 0.25) is 11.8 Å². The van der Waals surface area contributed by atoms with Crippen LogP contribution in [0.2, 0.25) is 0 Å². The number of nitrogens with zero attached hydrogens (tertiary/aromatic N) is 1. The smallest absolute Gasteiger partial charge is 0.277 e. The van der Waals surface area contributed by atoms with E-state index in [4.69, 9.17) is 0 Å². The summed E-state index contributed by atoms with van der Waals surface area (Å²) >= 11 is 0. The van der Waals surface area contributed by atoms with Crippen molar-refractivity contribution in [3.63, 3.8) is 0 Å². The van der Waals surface area contributed by atoms with E-state index in [9.17, 15) is 14.4 Å². The zero-order chi connectivity index (χ0) is 10.9. The lowest BCUT2D eigenvalue weighted by Gasteiger charge is -2.34. The minimum atomic E-state index is -1.20. The molecule has 0 saturated carbocycles. The van der Waals surface area contributed by atoms with E-state index in [1.165, 1.54) is 20.0 Å². The number of amides is 4. The number of allylic oxidation sites excluding steroid dienone is 1. The highest BCUT2D eigenvalue weighted by Crippen LogP contribution is 2.27. The molecule has 0 aromatic heterocycles. The van der Waals surface area contributed by atoms with Crippen LogP contribution in [-0.2, 0) is 9.59 Å². The van der Waals surface area contributed by atoms with Crippen LogP contribution < -0.4 is 5.32 Å². The number of hydrogen-bond donors (Lipinski definition) is 1. The van der Waals surface area contributed by atoms with E-state index in [-0.39, 0.29) is 6.42 Å². The molecule has 1 heterocycles. The van der Waals surface area contributed by atoms with Gasteiger partial charge in [-0.2, -0.15) is 0 Å². The summed E-state index contributed by atoms with van der Waals surface area (Å²) in [4.78, 5) is 35.1. The lowest BCUT2D eigenvalue weighted by Crippen LogP contribution is -2.61. The fraction of sp³-hybridized carbons (Fsp3) is 0.444. The molecule has 0 aromatic rings. The topological polar surface area (TPSA) is 66.5 Å². The molecule has 14 heavy (non-hydrogen) atoms. The molecule has 0 aromatic carbocycles. The molecule has 0 unspecified atom stereocenters. The Morgan fingerprint density at radius 1 is 1.50 bits per heavy atom. The van der Waals surface area contributed by atoms with Gasteiger partial charge >= 0.3 is 6.03 Å². The van der Waals surface area contributed by atoms with Gasteiger partial charge in [0.05, 0.1) is 0 Å². The quantitative estimate of drug-likeness (QED) is 0.509. The van der Waals surface area contributed by atoms with Crippen molar-refractivity contribution in [1.29, 1.82) is 0 Å². The van der Waals surface area contributed by atoms with E-state index in [0.717, 1.165) is 4.90 Å². The summed E-state index contributed by atoms with van der Waals surface area (Å²) < 4.78 is 0. The van der Waals surface area contributed by atoms with E-state index in [1.54, 1.807) is 0 Å². The third kappa shape index (κ3) is 1.30. The summed E-state index contributed by atoms with van der Waals surface area (Å²) in [5.41, 5.74) is -1.20. The maximum Gasteiger partial charge on any atom is 0.330 e. The van der Waals surface area contributed by atoms with Gasteiger partial charge in [-0.3, -0.25) is 19.8 Å². The zero-order valence-electron chi connectivity index (χ0n) is 8.16. The first-order valence-electron chi connectivity index (χ1n) is 4.18. The number of nitrogens with one attached hydrogen (secondary N) is 1. The molecule has 1 aliphatic rings. The summed E-state index contributed by atoms with van der Waals surface area (Å²) in [7, 11) is 1.34. The lowest BCUT2D eigenvalue weighted by atomic mass is 9.83. The monoisotopic (exact) mass is 196 g/mol. The first kappa shape index (κ1) is 10.4. The van der Waals surface area contributed by atoms with Gasteiger partial charge in [0.1, 0.15) is 5.41 Å². The minimum Gasteiger partial charge on any atom is -0.277 e. The average molecular weight is 196 g/mol. The lowest BCUT2D eigenvalue weighted by molar-refractivity contribution is -0.149. The van der Waals surface area contributed by atoms with Crippen LogP contribution in [0.3, 0.4) is 0 Å². The van der Waals surface area contributed by atoms with Crippen LogP contribution in [0.4, 0.5) is 4.79 Å². The van der Waals surface area contributed by atoms with Crippen molar-refractivity contribution in [1.82, 2.24) is 10.2 Å². The molecule has 1 aliphatic heterocycles. The standard InChI is InChI=1S/C9H12N2O3/c1-4-5-9(2)6(12)10-8(14)11(3)7(9)13/h4H,1,5H2,2-3H3,(H,10,12,14)/t9-/m1/s1. The summed E-state index contributed by atoms with van der Waals surface area (Å²) in [6.07, 6.45) is 1.70. The predicted molar refractivity (Wildman–Crippen MR) is 49.2 cm³/mol. The minimum absolute atomic E-state index is 0.218. The highest BCUT2D eigenvalue weighted by atomic mass is 16.2. The van der Waals surface area contributed by atoms with Gasteiger partial charge in [0.15, 0.2) is 0 Å². The van der Waals surface area contributed by atoms with Crippen molar-refractivity contribution >= 4 is 17.8 Å². The van der Waals surface area contributed by atoms with E-state index >= 15 is 0 Å². The molecule has 1 atom stereocenters. The van der Waals surface area contributed by atoms with Gasteiger partial charge in [-0.05, 0) is 13.3 Å². The first-order chi connectivity index (χ1) is 6.43. The van der Waals surface area contributed by atoms with Crippen LogP contribution in [0.1, 0.15) is 13.3 Å². The van der Waals surface area contributed by atoms with E-state index in [0.29, 0.717) is 0 Å². The Morgan fingerprint density at radius 2 is 2.07 bits per heavy atom.